The van der Waals surface area contributed by atoms with Crippen molar-refractivity contribution in [2.24, 2.45) is 0 Å². The molecule has 1 amide bonds. The summed E-state index contributed by atoms with van der Waals surface area (Å²) >= 11 is 0. The summed E-state index contributed by atoms with van der Waals surface area (Å²) in [7, 11) is -4.20. The lowest BCUT2D eigenvalue weighted by Crippen LogP contribution is -2.40. The van der Waals surface area contributed by atoms with Gasteiger partial charge in [0.25, 0.3) is 0 Å². The lowest BCUT2D eigenvalue weighted by Gasteiger charge is -2.25. The van der Waals surface area contributed by atoms with Crippen molar-refractivity contribution in [2.45, 2.75) is 58.4 Å². The van der Waals surface area contributed by atoms with Gasteiger partial charge in [0.1, 0.15) is 6.61 Å². The molecule has 1 heterocycles. The second kappa shape index (κ2) is 12.9. The van der Waals surface area contributed by atoms with E-state index in [9.17, 15) is 19.4 Å². The Labute approximate surface area is 167 Å². The fourth-order valence-electron chi connectivity index (χ4n) is 2.71. The molecule has 10 nitrogen and oxygen atoms in total. The molecule has 1 unspecified atom stereocenters. The molecule has 0 aromatic carbocycles. The molecular formula is C17H35N2O8P. The second-order valence-electron chi connectivity index (χ2n) is 7.28. The summed E-state index contributed by atoms with van der Waals surface area (Å²) in [5.74, 6) is -0.316. The minimum Gasteiger partial charge on any atom is -0.391 e. The van der Waals surface area contributed by atoms with Gasteiger partial charge in [0.2, 0.25) is 5.91 Å². The molecule has 0 saturated carbocycles. The van der Waals surface area contributed by atoms with Crippen molar-refractivity contribution in [3.63, 3.8) is 0 Å². The monoisotopic (exact) mass is 426 g/mol. The van der Waals surface area contributed by atoms with E-state index in [0.717, 1.165) is 6.54 Å². The van der Waals surface area contributed by atoms with Crippen LogP contribution in [0.2, 0.25) is 0 Å². The first-order valence-corrected chi connectivity index (χ1v) is 11.1. The third kappa shape index (κ3) is 10.8. The van der Waals surface area contributed by atoms with E-state index in [2.05, 4.69) is 19.2 Å². The van der Waals surface area contributed by atoms with Gasteiger partial charge in [-0.3, -0.25) is 13.8 Å². The van der Waals surface area contributed by atoms with Gasteiger partial charge in [0, 0.05) is 19.1 Å². The van der Waals surface area contributed by atoms with Gasteiger partial charge in [0.15, 0.2) is 0 Å². The molecule has 0 radical (unpaired) electrons. The molecule has 1 aliphatic heterocycles. The Hall–Kier alpha value is -0.580. The van der Waals surface area contributed by atoms with Gasteiger partial charge < -0.3 is 29.7 Å². The molecule has 166 valence electrons. The molecule has 3 atom stereocenters. The van der Waals surface area contributed by atoms with Gasteiger partial charge in [-0.1, -0.05) is 13.8 Å². The molecule has 11 heteroatoms. The largest absolute Gasteiger partial charge is 0.472 e. The quantitative estimate of drug-likeness (QED) is 0.269. The summed E-state index contributed by atoms with van der Waals surface area (Å²) in [5, 5.41) is 13.1. The van der Waals surface area contributed by atoms with Crippen LogP contribution >= 0.6 is 7.82 Å². The van der Waals surface area contributed by atoms with Crippen LogP contribution in [-0.4, -0.2) is 91.2 Å². The molecule has 1 rings (SSSR count). The Morgan fingerprint density at radius 1 is 1.21 bits per heavy atom. The van der Waals surface area contributed by atoms with E-state index in [-0.39, 0.29) is 38.7 Å². The Balaban J connectivity index is 2.29. The highest BCUT2D eigenvalue weighted by atomic mass is 31.2. The van der Waals surface area contributed by atoms with Crippen molar-refractivity contribution in [1.82, 2.24) is 10.2 Å². The lowest BCUT2D eigenvalue weighted by atomic mass is 10.2. The van der Waals surface area contributed by atoms with Gasteiger partial charge in [0.05, 0.1) is 44.7 Å². The van der Waals surface area contributed by atoms with Crippen molar-refractivity contribution in [3.8, 4) is 0 Å². The molecule has 1 fully saturated rings. The third-order valence-corrected chi connectivity index (χ3v) is 5.05. The summed E-state index contributed by atoms with van der Waals surface area (Å²) in [6.45, 7) is 9.08. The normalized spacial score (nSPS) is 22.2. The first-order chi connectivity index (χ1) is 13.1. The SMILES string of the molecule is CC(C)NCCOCCOCC(=O)N1C[C@H](O)C[C@H]1COP(=O)(O)OC(C)C. The Bertz CT molecular complexity index is 506. The van der Waals surface area contributed by atoms with Gasteiger partial charge in [-0.2, -0.15) is 0 Å². The fourth-order valence-corrected chi connectivity index (χ4v) is 3.67. The van der Waals surface area contributed by atoms with Crippen molar-refractivity contribution in [3.05, 3.63) is 0 Å². The van der Waals surface area contributed by atoms with Gasteiger partial charge in [-0.05, 0) is 20.3 Å². The number of aliphatic hydroxyl groups is 1. The van der Waals surface area contributed by atoms with E-state index in [1.54, 1.807) is 13.8 Å². The van der Waals surface area contributed by atoms with Crippen LogP contribution in [0.4, 0.5) is 0 Å². The van der Waals surface area contributed by atoms with Gasteiger partial charge in [-0.15, -0.1) is 0 Å². The zero-order chi connectivity index (χ0) is 21.2. The zero-order valence-corrected chi connectivity index (χ0v) is 18.1. The van der Waals surface area contributed by atoms with Gasteiger partial charge >= 0.3 is 7.82 Å². The maximum Gasteiger partial charge on any atom is 0.472 e. The predicted molar refractivity (Wildman–Crippen MR) is 103 cm³/mol. The maximum absolute atomic E-state index is 12.3. The number of carbonyl (C=O) groups is 1. The highest BCUT2D eigenvalue weighted by molar-refractivity contribution is 7.47. The van der Waals surface area contributed by atoms with E-state index in [4.69, 9.17) is 18.5 Å². The number of nitrogens with one attached hydrogen (secondary N) is 1. The number of carbonyl (C=O) groups excluding carboxylic acids is 1. The number of phosphoric acid groups is 1. The zero-order valence-electron chi connectivity index (χ0n) is 17.2. The Morgan fingerprint density at radius 2 is 1.89 bits per heavy atom. The summed E-state index contributed by atoms with van der Waals surface area (Å²) in [6, 6.07) is -0.109. The number of ether oxygens (including phenoxy) is 2. The number of hydrogen-bond donors (Lipinski definition) is 3. The Kier molecular flexibility index (Phi) is 11.7. The van der Waals surface area contributed by atoms with Crippen molar-refractivity contribution >= 4 is 13.7 Å². The molecule has 0 aromatic rings. The number of likely N-dealkylation sites (tertiary alicyclic amines) is 1. The number of nitrogens with zero attached hydrogens (tertiary/aromatic N) is 1. The number of phosphoric ester groups is 1. The van der Waals surface area contributed by atoms with Crippen molar-refractivity contribution < 1.29 is 37.9 Å². The van der Waals surface area contributed by atoms with Crippen LogP contribution in [0, 0.1) is 0 Å². The van der Waals surface area contributed by atoms with Crippen molar-refractivity contribution in [2.75, 3.05) is 46.1 Å². The van der Waals surface area contributed by atoms with E-state index in [1.165, 1.54) is 4.90 Å². The molecule has 0 aromatic heterocycles. The van der Waals surface area contributed by atoms with E-state index >= 15 is 0 Å². The van der Waals surface area contributed by atoms with Crippen LogP contribution in [0.3, 0.4) is 0 Å². The second-order valence-corrected chi connectivity index (χ2v) is 8.69. The third-order valence-electron chi connectivity index (χ3n) is 3.88. The van der Waals surface area contributed by atoms with Crippen LogP contribution in [0.1, 0.15) is 34.1 Å². The lowest BCUT2D eigenvalue weighted by molar-refractivity contribution is -0.138. The summed E-state index contributed by atoms with van der Waals surface area (Å²) in [4.78, 5) is 23.4. The fraction of sp³-hybridized carbons (Fsp3) is 0.941. The standard InChI is InChI=1S/C17H35N2O8P/c1-13(2)18-5-6-24-7-8-25-12-17(21)19-10-16(20)9-15(19)11-26-28(22,23)27-14(3)4/h13-16,18,20H,5-12H2,1-4H3,(H,22,23)/t15-,16+/m0/s1. The van der Waals surface area contributed by atoms with Crippen LogP contribution in [-0.2, 0) is 27.9 Å². The molecule has 0 bridgehead atoms. The Morgan fingerprint density at radius 3 is 2.54 bits per heavy atom. The molecule has 0 spiro atoms. The molecule has 1 aliphatic rings. The van der Waals surface area contributed by atoms with Crippen molar-refractivity contribution in [1.29, 1.82) is 0 Å². The number of β-amino-alcohol motifs (C(OH)–C–C–N with tert-alkyl or cyclic N) is 1. The van der Waals surface area contributed by atoms with E-state index < -0.39 is 26.1 Å². The molecule has 28 heavy (non-hydrogen) atoms. The van der Waals surface area contributed by atoms with Gasteiger partial charge in [-0.25, -0.2) is 4.57 Å². The molecule has 3 N–H and O–H groups in total. The average Bonchev–Trinajstić information content (AvgIpc) is 2.95. The minimum absolute atomic E-state index is 0.133. The van der Waals surface area contributed by atoms with Crippen LogP contribution in [0.5, 0.6) is 0 Å². The average molecular weight is 426 g/mol. The van der Waals surface area contributed by atoms with E-state index in [0.29, 0.717) is 19.3 Å². The molecule has 1 saturated heterocycles. The molecular weight excluding hydrogens is 391 g/mol. The van der Waals surface area contributed by atoms with Crippen LogP contribution in [0.25, 0.3) is 0 Å². The predicted octanol–water partition coefficient (Wildman–Crippen LogP) is 0.521. The maximum atomic E-state index is 12.3. The smallest absolute Gasteiger partial charge is 0.391 e. The number of hydrogen-bond acceptors (Lipinski definition) is 8. The number of amides is 1. The first-order valence-electron chi connectivity index (χ1n) is 9.63. The summed E-state index contributed by atoms with van der Waals surface area (Å²) in [5.41, 5.74) is 0. The highest BCUT2D eigenvalue weighted by Crippen LogP contribution is 2.45. The topological polar surface area (TPSA) is 127 Å². The highest BCUT2D eigenvalue weighted by Gasteiger charge is 2.36. The van der Waals surface area contributed by atoms with Crippen LogP contribution < -0.4 is 5.32 Å². The molecule has 0 aliphatic carbocycles. The van der Waals surface area contributed by atoms with Crippen LogP contribution in [0.15, 0.2) is 0 Å². The minimum atomic E-state index is -4.20. The summed E-state index contributed by atoms with van der Waals surface area (Å²) < 4.78 is 32.3. The number of rotatable bonds is 14. The van der Waals surface area contributed by atoms with E-state index in [1.807, 2.05) is 0 Å². The summed E-state index contributed by atoms with van der Waals surface area (Å²) in [6.07, 6.45) is -0.919. The first kappa shape index (κ1) is 25.5. The number of aliphatic hydroxyl groups excluding tert-OH is 1.